The first-order valence-corrected chi connectivity index (χ1v) is 7.33. The summed E-state index contributed by atoms with van der Waals surface area (Å²) in [6, 6.07) is 6.32. The summed E-state index contributed by atoms with van der Waals surface area (Å²) in [6.07, 6.45) is 6.66. The molecule has 1 aromatic rings. The Kier molecular flexibility index (Phi) is 3.56. The molecule has 3 nitrogen and oxygen atoms in total. The molecule has 0 atom stereocenters. The Bertz CT molecular complexity index is 476. The van der Waals surface area contributed by atoms with Crippen molar-refractivity contribution in [3.63, 3.8) is 0 Å². The van der Waals surface area contributed by atoms with Crippen molar-refractivity contribution in [2.24, 2.45) is 0 Å². The van der Waals surface area contributed by atoms with Crippen molar-refractivity contribution in [1.29, 1.82) is 0 Å². The van der Waals surface area contributed by atoms with Crippen LogP contribution in [0.25, 0.3) is 0 Å². The van der Waals surface area contributed by atoms with E-state index in [9.17, 15) is 9.90 Å². The lowest BCUT2D eigenvalue weighted by Gasteiger charge is -2.26. The van der Waals surface area contributed by atoms with E-state index >= 15 is 0 Å². The van der Waals surface area contributed by atoms with Crippen molar-refractivity contribution >= 4 is 5.91 Å². The first kappa shape index (κ1) is 12.7. The zero-order chi connectivity index (χ0) is 13.2. The van der Waals surface area contributed by atoms with Crippen LogP contribution in [0.5, 0.6) is 0 Å². The van der Waals surface area contributed by atoms with Gasteiger partial charge in [0.25, 0.3) is 5.91 Å². The number of fused-ring (bicyclic) bond motifs is 1. The predicted molar refractivity (Wildman–Crippen MR) is 74.2 cm³/mol. The monoisotopic (exact) mass is 259 g/mol. The van der Waals surface area contributed by atoms with E-state index in [-0.39, 0.29) is 18.1 Å². The fourth-order valence-corrected chi connectivity index (χ4v) is 3.20. The van der Waals surface area contributed by atoms with Gasteiger partial charge in [-0.05, 0) is 68.2 Å². The molecule has 3 heteroatoms. The van der Waals surface area contributed by atoms with E-state index in [0.717, 1.165) is 44.1 Å². The van der Waals surface area contributed by atoms with Gasteiger partial charge in [-0.25, -0.2) is 0 Å². The lowest BCUT2D eigenvalue weighted by molar-refractivity contribution is 0.0867. The molecule has 1 amide bonds. The number of aryl methyl sites for hydroxylation is 2. The highest BCUT2D eigenvalue weighted by atomic mass is 16.3. The molecule has 0 saturated heterocycles. The number of rotatable bonds is 2. The summed E-state index contributed by atoms with van der Waals surface area (Å²) < 4.78 is 0. The Hall–Kier alpha value is -1.35. The zero-order valence-corrected chi connectivity index (χ0v) is 11.2. The molecule has 0 unspecified atom stereocenters. The van der Waals surface area contributed by atoms with Crippen LogP contribution in [0.3, 0.4) is 0 Å². The molecule has 2 aliphatic carbocycles. The Morgan fingerprint density at radius 1 is 1.11 bits per heavy atom. The maximum atomic E-state index is 12.2. The molecular formula is C16H21NO2. The second-order valence-corrected chi connectivity index (χ2v) is 5.82. The van der Waals surface area contributed by atoms with Crippen LogP contribution in [-0.4, -0.2) is 23.2 Å². The summed E-state index contributed by atoms with van der Waals surface area (Å²) >= 11 is 0. The number of nitrogens with one attached hydrogen (secondary N) is 1. The van der Waals surface area contributed by atoms with Crippen LogP contribution in [0, 0.1) is 0 Å². The quantitative estimate of drug-likeness (QED) is 0.855. The third kappa shape index (κ3) is 2.81. The number of hydrogen-bond acceptors (Lipinski definition) is 2. The van der Waals surface area contributed by atoms with Crippen molar-refractivity contribution in [2.45, 2.75) is 57.1 Å². The molecule has 0 aliphatic heterocycles. The van der Waals surface area contributed by atoms with Gasteiger partial charge in [0.1, 0.15) is 0 Å². The van der Waals surface area contributed by atoms with E-state index in [1.54, 1.807) is 0 Å². The van der Waals surface area contributed by atoms with Gasteiger partial charge in [0, 0.05) is 11.6 Å². The van der Waals surface area contributed by atoms with Gasteiger partial charge in [-0.2, -0.15) is 0 Å². The van der Waals surface area contributed by atoms with Gasteiger partial charge in [0.15, 0.2) is 0 Å². The highest BCUT2D eigenvalue weighted by Crippen LogP contribution is 2.23. The first-order chi connectivity index (χ1) is 9.22. The highest BCUT2D eigenvalue weighted by molar-refractivity contribution is 5.94. The van der Waals surface area contributed by atoms with Crippen molar-refractivity contribution in [1.82, 2.24) is 5.32 Å². The standard InChI is InChI=1S/C16H21NO2/c18-15-8-6-14(7-9-15)17-16(19)13-5-4-11-2-1-3-12(11)10-13/h4-5,10,14-15,18H,1-3,6-9H2,(H,17,19). The molecule has 0 spiro atoms. The Labute approximate surface area is 114 Å². The summed E-state index contributed by atoms with van der Waals surface area (Å²) in [4.78, 5) is 12.2. The van der Waals surface area contributed by atoms with Crippen molar-refractivity contribution in [2.75, 3.05) is 0 Å². The van der Waals surface area contributed by atoms with Crippen molar-refractivity contribution < 1.29 is 9.90 Å². The number of amides is 1. The summed E-state index contributed by atoms with van der Waals surface area (Å²) in [5.41, 5.74) is 3.52. The predicted octanol–water partition coefficient (Wildman–Crippen LogP) is 2.21. The summed E-state index contributed by atoms with van der Waals surface area (Å²) in [5, 5.41) is 12.6. The highest BCUT2D eigenvalue weighted by Gasteiger charge is 2.21. The van der Waals surface area contributed by atoms with E-state index < -0.39 is 0 Å². The summed E-state index contributed by atoms with van der Waals surface area (Å²) in [5.74, 6) is 0.0380. The molecule has 0 radical (unpaired) electrons. The first-order valence-electron chi connectivity index (χ1n) is 7.33. The van der Waals surface area contributed by atoms with Crippen LogP contribution in [0.15, 0.2) is 18.2 Å². The minimum atomic E-state index is -0.173. The second kappa shape index (κ2) is 5.33. The van der Waals surface area contributed by atoms with Gasteiger partial charge < -0.3 is 10.4 Å². The van der Waals surface area contributed by atoms with E-state index in [1.807, 2.05) is 6.07 Å². The number of benzene rings is 1. The largest absolute Gasteiger partial charge is 0.393 e. The van der Waals surface area contributed by atoms with E-state index in [2.05, 4.69) is 17.4 Å². The maximum absolute atomic E-state index is 12.2. The number of hydrogen-bond donors (Lipinski definition) is 2. The summed E-state index contributed by atoms with van der Waals surface area (Å²) in [6.45, 7) is 0. The Balaban J connectivity index is 1.64. The minimum absolute atomic E-state index is 0.0380. The number of carbonyl (C=O) groups is 1. The SMILES string of the molecule is O=C(NC1CCC(O)CC1)c1ccc2c(c1)CCC2. The smallest absolute Gasteiger partial charge is 0.251 e. The molecule has 2 N–H and O–H groups in total. The maximum Gasteiger partial charge on any atom is 0.251 e. The number of aliphatic hydroxyl groups is 1. The molecule has 1 aromatic carbocycles. The topological polar surface area (TPSA) is 49.3 Å². The molecule has 0 aromatic heterocycles. The van der Waals surface area contributed by atoms with E-state index in [1.165, 1.54) is 17.5 Å². The zero-order valence-electron chi connectivity index (χ0n) is 11.2. The van der Waals surface area contributed by atoms with Crippen molar-refractivity contribution in [3.8, 4) is 0 Å². The molecule has 19 heavy (non-hydrogen) atoms. The van der Waals surface area contributed by atoms with E-state index in [4.69, 9.17) is 0 Å². The molecule has 0 bridgehead atoms. The third-order valence-electron chi connectivity index (χ3n) is 4.39. The molecule has 0 heterocycles. The number of carbonyl (C=O) groups excluding carboxylic acids is 1. The number of aliphatic hydroxyl groups excluding tert-OH is 1. The van der Waals surface area contributed by atoms with Gasteiger partial charge in [0.2, 0.25) is 0 Å². The average molecular weight is 259 g/mol. The summed E-state index contributed by atoms with van der Waals surface area (Å²) in [7, 11) is 0. The van der Waals surface area contributed by atoms with Gasteiger partial charge in [-0.1, -0.05) is 6.07 Å². The third-order valence-corrected chi connectivity index (χ3v) is 4.39. The van der Waals surface area contributed by atoms with E-state index in [0.29, 0.717) is 0 Å². The van der Waals surface area contributed by atoms with Crippen LogP contribution in [0.1, 0.15) is 53.6 Å². The molecule has 3 rings (SSSR count). The fourth-order valence-electron chi connectivity index (χ4n) is 3.20. The minimum Gasteiger partial charge on any atom is -0.393 e. The van der Waals surface area contributed by atoms with Crippen LogP contribution in [0.4, 0.5) is 0 Å². The van der Waals surface area contributed by atoms with Crippen LogP contribution in [-0.2, 0) is 12.8 Å². The molecule has 1 saturated carbocycles. The van der Waals surface area contributed by atoms with Crippen LogP contribution < -0.4 is 5.32 Å². The van der Waals surface area contributed by atoms with Gasteiger partial charge in [0.05, 0.1) is 6.10 Å². The molecule has 1 fully saturated rings. The van der Waals surface area contributed by atoms with Gasteiger partial charge >= 0.3 is 0 Å². The average Bonchev–Trinajstić information content (AvgIpc) is 2.88. The van der Waals surface area contributed by atoms with Crippen LogP contribution in [0.2, 0.25) is 0 Å². The molecule has 102 valence electrons. The normalized spacial score (nSPS) is 25.9. The second-order valence-electron chi connectivity index (χ2n) is 5.82. The van der Waals surface area contributed by atoms with Gasteiger partial charge in [-0.3, -0.25) is 4.79 Å². The Morgan fingerprint density at radius 2 is 1.84 bits per heavy atom. The van der Waals surface area contributed by atoms with Gasteiger partial charge in [-0.15, -0.1) is 0 Å². The Morgan fingerprint density at radius 3 is 2.63 bits per heavy atom. The molecular weight excluding hydrogens is 238 g/mol. The molecule has 2 aliphatic rings. The fraction of sp³-hybridized carbons (Fsp3) is 0.562. The lowest BCUT2D eigenvalue weighted by Crippen LogP contribution is -2.38. The van der Waals surface area contributed by atoms with Crippen LogP contribution >= 0.6 is 0 Å². The lowest BCUT2D eigenvalue weighted by atomic mass is 9.93. The van der Waals surface area contributed by atoms with Crippen molar-refractivity contribution in [3.05, 3.63) is 34.9 Å².